The molecule has 0 saturated carbocycles. The fourth-order valence-electron chi connectivity index (χ4n) is 3.40. The number of carbonyl (C=O) groups excluding carboxylic acids is 1. The van der Waals surface area contributed by atoms with Crippen molar-refractivity contribution in [3.63, 3.8) is 0 Å². The maximum absolute atomic E-state index is 11.8. The van der Waals surface area contributed by atoms with Gasteiger partial charge < -0.3 is 9.84 Å². The van der Waals surface area contributed by atoms with Gasteiger partial charge in [0.15, 0.2) is 0 Å². The molecule has 1 atom stereocenters. The highest BCUT2D eigenvalue weighted by Crippen LogP contribution is 2.18. The number of ether oxygens (including phenoxy) is 1. The van der Waals surface area contributed by atoms with E-state index < -0.39 is 5.97 Å². The van der Waals surface area contributed by atoms with Crippen LogP contribution in [0.25, 0.3) is 0 Å². The summed E-state index contributed by atoms with van der Waals surface area (Å²) in [5, 5.41) is 8.64. The topological polar surface area (TPSA) is 63.6 Å². The fraction of sp³-hybridized carbons (Fsp3) is 0.913. The van der Waals surface area contributed by atoms with Gasteiger partial charge in [0.25, 0.3) is 0 Å². The molecule has 0 bridgehead atoms. The zero-order chi connectivity index (χ0) is 20.2. The van der Waals surface area contributed by atoms with Gasteiger partial charge in [0.05, 0.1) is 0 Å². The Balaban J connectivity index is 3.86. The molecule has 0 radical (unpaired) electrons. The third-order valence-corrected chi connectivity index (χ3v) is 5.05. The molecule has 4 heteroatoms. The van der Waals surface area contributed by atoms with Crippen LogP contribution in [0.3, 0.4) is 0 Å². The molecular weight excluding hydrogens is 340 g/mol. The van der Waals surface area contributed by atoms with Crippen molar-refractivity contribution in [1.82, 2.24) is 0 Å². The van der Waals surface area contributed by atoms with Crippen LogP contribution in [0, 0.1) is 0 Å². The van der Waals surface area contributed by atoms with Crippen molar-refractivity contribution in [2.45, 2.75) is 136 Å². The number of hydrogen-bond donors (Lipinski definition) is 1. The first-order chi connectivity index (χ1) is 13.1. The molecule has 0 aliphatic heterocycles. The minimum Gasteiger partial charge on any atom is -0.481 e. The number of esters is 1. The molecule has 1 unspecified atom stereocenters. The molecule has 0 aromatic rings. The van der Waals surface area contributed by atoms with Crippen LogP contribution < -0.4 is 0 Å². The van der Waals surface area contributed by atoms with Gasteiger partial charge in [-0.05, 0) is 38.5 Å². The summed E-state index contributed by atoms with van der Waals surface area (Å²) in [4.78, 5) is 22.3. The highest BCUT2D eigenvalue weighted by molar-refractivity contribution is 5.69. The molecule has 0 aliphatic rings. The average molecular weight is 385 g/mol. The summed E-state index contributed by atoms with van der Waals surface area (Å²) in [5.74, 6) is -0.758. The quantitative estimate of drug-likeness (QED) is 0.180. The summed E-state index contributed by atoms with van der Waals surface area (Å²) in [5.41, 5.74) is 0. The fourth-order valence-corrected chi connectivity index (χ4v) is 3.40. The highest BCUT2D eigenvalue weighted by Gasteiger charge is 2.13. The van der Waals surface area contributed by atoms with Crippen molar-refractivity contribution in [3.05, 3.63) is 0 Å². The van der Waals surface area contributed by atoms with Gasteiger partial charge in [0, 0.05) is 12.8 Å². The second-order valence-corrected chi connectivity index (χ2v) is 7.83. The van der Waals surface area contributed by atoms with E-state index in [2.05, 4.69) is 6.92 Å². The lowest BCUT2D eigenvalue weighted by Gasteiger charge is -2.18. The van der Waals surface area contributed by atoms with Gasteiger partial charge >= 0.3 is 11.9 Å². The predicted octanol–water partition coefficient (Wildman–Crippen LogP) is 7.04. The van der Waals surface area contributed by atoms with Crippen LogP contribution in [0.5, 0.6) is 0 Å². The molecule has 0 saturated heterocycles. The molecule has 0 heterocycles. The predicted molar refractivity (Wildman–Crippen MR) is 112 cm³/mol. The SMILES string of the molecule is CCCCCCCCCCC(CCCCCCCC(=O)O)OC(=O)CCC. The second kappa shape index (κ2) is 19.7. The molecule has 27 heavy (non-hydrogen) atoms. The lowest BCUT2D eigenvalue weighted by molar-refractivity contribution is -0.150. The first-order valence-electron chi connectivity index (χ1n) is 11.5. The largest absolute Gasteiger partial charge is 0.481 e. The van der Waals surface area contributed by atoms with Crippen molar-refractivity contribution >= 4 is 11.9 Å². The number of carboxylic acid groups (broad SMARTS) is 1. The minimum absolute atomic E-state index is 0.0523. The van der Waals surface area contributed by atoms with E-state index in [0.29, 0.717) is 6.42 Å². The van der Waals surface area contributed by atoms with Crippen LogP contribution in [0.2, 0.25) is 0 Å². The molecule has 0 fully saturated rings. The summed E-state index contributed by atoms with van der Waals surface area (Å²) in [6.07, 6.45) is 19.0. The molecule has 0 aromatic heterocycles. The van der Waals surface area contributed by atoms with Crippen molar-refractivity contribution in [2.75, 3.05) is 0 Å². The van der Waals surface area contributed by atoms with Crippen LogP contribution in [0.4, 0.5) is 0 Å². The molecule has 0 aromatic carbocycles. The Morgan fingerprint density at radius 1 is 0.667 bits per heavy atom. The number of carboxylic acids is 1. The van der Waals surface area contributed by atoms with E-state index in [-0.39, 0.29) is 18.5 Å². The number of unbranched alkanes of at least 4 members (excludes halogenated alkanes) is 11. The van der Waals surface area contributed by atoms with Crippen LogP contribution in [0.1, 0.15) is 129 Å². The average Bonchev–Trinajstić information content (AvgIpc) is 2.62. The van der Waals surface area contributed by atoms with Crippen LogP contribution in [-0.2, 0) is 14.3 Å². The van der Waals surface area contributed by atoms with Gasteiger partial charge in [-0.2, -0.15) is 0 Å². The Bertz CT molecular complexity index is 354. The zero-order valence-electron chi connectivity index (χ0n) is 18.0. The van der Waals surface area contributed by atoms with Gasteiger partial charge in [0.2, 0.25) is 0 Å². The van der Waals surface area contributed by atoms with Crippen molar-refractivity contribution in [2.24, 2.45) is 0 Å². The number of aliphatic carboxylic acids is 1. The summed E-state index contributed by atoms with van der Waals surface area (Å²) in [7, 11) is 0. The molecule has 0 amide bonds. The Morgan fingerprint density at radius 2 is 1.15 bits per heavy atom. The highest BCUT2D eigenvalue weighted by atomic mass is 16.5. The Hall–Kier alpha value is -1.06. The van der Waals surface area contributed by atoms with Gasteiger partial charge in [0.1, 0.15) is 6.10 Å². The number of carbonyl (C=O) groups is 2. The Labute approximate surface area is 167 Å². The smallest absolute Gasteiger partial charge is 0.306 e. The van der Waals surface area contributed by atoms with Gasteiger partial charge in [-0.25, -0.2) is 0 Å². The molecule has 0 spiro atoms. The third-order valence-electron chi connectivity index (χ3n) is 5.05. The molecule has 0 aliphatic carbocycles. The third kappa shape index (κ3) is 19.5. The van der Waals surface area contributed by atoms with Crippen molar-refractivity contribution in [3.8, 4) is 0 Å². The van der Waals surface area contributed by atoms with E-state index in [1.165, 1.54) is 44.9 Å². The minimum atomic E-state index is -0.705. The van der Waals surface area contributed by atoms with E-state index in [1.807, 2.05) is 6.92 Å². The molecule has 4 nitrogen and oxygen atoms in total. The molecule has 0 rings (SSSR count). The van der Waals surface area contributed by atoms with Crippen molar-refractivity contribution < 1.29 is 19.4 Å². The lowest BCUT2D eigenvalue weighted by Crippen LogP contribution is -2.18. The summed E-state index contributed by atoms with van der Waals surface area (Å²) in [6, 6.07) is 0. The molecular formula is C23H44O4. The van der Waals surface area contributed by atoms with E-state index >= 15 is 0 Å². The lowest BCUT2D eigenvalue weighted by atomic mass is 10.0. The van der Waals surface area contributed by atoms with Crippen molar-refractivity contribution in [1.29, 1.82) is 0 Å². The zero-order valence-corrected chi connectivity index (χ0v) is 18.0. The maximum Gasteiger partial charge on any atom is 0.306 e. The first-order valence-corrected chi connectivity index (χ1v) is 11.5. The molecule has 160 valence electrons. The summed E-state index contributed by atoms with van der Waals surface area (Å²) < 4.78 is 5.69. The standard InChI is InChI=1S/C23H44O4/c1-3-5-6-7-8-9-11-14-18-21(27-23(26)17-4-2)19-15-12-10-13-16-20-22(24)25/h21H,3-20H2,1-2H3,(H,24,25). The van der Waals surface area contributed by atoms with Crippen LogP contribution >= 0.6 is 0 Å². The van der Waals surface area contributed by atoms with Crippen LogP contribution in [0.15, 0.2) is 0 Å². The van der Waals surface area contributed by atoms with E-state index in [0.717, 1.165) is 57.8 Å². The van der Waals surface area contributed by atoms with Gasteiger partial charge in [-0.15, -0.1) is 0 Å². The van der Waals surface area contributed by atoms with E-state index in [4.69, 9.17) is 9.84 Å². The first kappa shape index (κ1) is 25.9. The molecule has 1 N–H and O–H groups in total. The Morgan fingerprint density at radius 3 is 1.63 bits per heavy atom. The van der Waals surface area contributed by atoms with E-state index in [9.17, 15) is 9.59 Å². The van der Waals surface area contributed by atoms with Crippen LogP contribution in [-0.4, -0.2) is 23.1 Å². The van der Waals surface area contributed by atoms with Gasteiger partial charge in [-0.1, -0.05) is 78.1 Å². The number of hydrogen-bond acceptors (Lipinski definition) is 3. The van der Waals surface area contributed by atoms with Gasteiger partial charge in [-0.3, -0.25) is 9.59 Å². The maximum atomic E-state index is 11.8. The van der Waals surface area contributed by atoms with E-state index in [1.54, 1.807) is 0 Å². The summed E-state index contributed by atoms with van der Waals surface area (Å²) in [6.45, 7) is 4.25. The normalized spacial score (nSPS) is 12.1. The Kier molecular flexibility index (Phi) is 18.9. The second-order valence-electron chi connectivity index (χ2n) is 7.83. The monoisotopic (exact) mass is 384 g/mol. The summed E-state index contributed by atoms with van der Waals surface area (Å²) >= 11 is 0. The number of rotatable bonds is 20.